The van der Waals surface area contributed by atoms with Crippen molar-refractivity contribution in [1.29, 1.82) is 0 Å². The maximum Gasteiger partial charge on any atom is 0.267 e. The molecule has 1 fully saturated rings. The van der Waals surface area contributed by atoms with Crippen molar-refractivity contribution < 1.29 is 4.79 Å². The van der Waals surface area contributed by atoms with Crippen LogP contribution >= 0.6 is 23.2 Å². The van der Waals surface area contributed by atoms with Gasteiger partial charge in [0.05, 0.1) is 5.02 Å². The van der Waals surface area contributed by atoms with E-state index in [1.165, 1.54) is 0 Å². The number of piperidine rings is 1. The number of aromatic amines is 1. The van der Waals surface area contributed by atoms with Crippen molar-refractivity contribution >= 4 is 40.0 Å². The van der Waals surface area contributed by atoms with Crippen LogP contribution in [0.25, 0.3) is 10.9 Å². The lowest BCUT2D eigenvalue weighted by molar-refractivity contribution is 0.0926. The largest absolute Gasteiger partial charge is 0.350 e. The highest BCUT2D eigenvalue weighted by Gasteiger charge is 2.18. The van der Waals surface area contributed by atoms with Gasteiger partial charge < -0.3 is 15.6 Å². The minimum absolute atomic E-state index is 0.109. The van der Waals surface area contributed by atoms with Gasteiger partial charge >= 0.3 is 0 Å². The average molecular weight is 312 g/mol. The maximum atomic E-state index is 12.2. The number of H-pyrrole nitrogens is 1. The van der Waals surface area contributed by atoms with Crippen LogP contribution in [0.1, 0.15) is 23.3 Å². The third kappa shape index (κ3) is 2.77. The van der Waals surface area contributed by atoms with E-state index in [1.807, 2.05) is 0 Å². The number of hydrogen-bond donors (Lipinski definition) is 3. The molecular weight excluding hydrogens is 297 g/mol. The number of aromatic nitrogens is 1. The Labute approximate surface area is 126 Å². The molecule has 1 aliphatic heterocycles. The number of benzene rings is 1. The monoisotopic (exact) mass is 311 g/mol. The fourth-order valence-corrected chi connectivity index (χ4v) is 3.07. The van der Waals surface area contributed by atoms with Crippen LogP contribution in [-0.4, -0.2) is 30.0 Å². The molecule has 1 amide bonds. The minimum atomic E-state index is -0.109. The smallest absolute Gasteiger partial charge is 0.267 e. The molecule has 2 aromatic rings. The summed E-state index contributed by atoms with van der Waals surface area (Å²) in [5.74, 6) is -0.109. The van der Waals surface area contributed by atoms with E-state index in [9.17, 15) is 4.79 Å². The number of fused-ring (bicyclic) bond motifs is 1. The second-order valence-electron chi connectivity index (χ2n) is 5.05. The van der Waals surface area contributed by atoms with E-state index >= 15 is 0 Å². The molecule has 2 heterocycles. The molecule has 1 aromatic carbocycles. The van der Waals surface area contributed by atoms with E-state index in [1.54, 1.807) is 18.2 Å². The topological polar surface area (TPSA) is 56.9 Å². The van der Waals surface area contributed by atoms with E-state index in [-0.39, 0.29) is 11.9 Å². The highest BCUT2D eigenvalue weighted by Crippen LogP contribution is 2.28. The predicted octanol–water partition coefficient (Wildman–Crippen LogP) is 2.96. The van der Waals surface area contributed by atoms with Crippen LogP contribution in [0.4, 0.5) is 0 Å². The highest BCUT2D eigenvalue weighted by atomic mass is 35.5. The second-order valence-corrected chi connectivity index (χ2v) is 5.89. The Morgan fingerprint density at radius 3 is 2.90 bits per heavy atom. The first-order valence-electron chi connectivity index (χ1n) is 6.63. The van der Waals surface area contributed by atoms with E-state index in [4.69, 9.17) is 23.2 Å². The number of carbonyl (C=O) groups is 1. The zero-order valence-corrected chi connectivity index (χ0v) is 12.3. The Bertz CT molecular complexity index is 647. The Morgan fingerprint density at radius 2 is 2.15 bits per heavy atom. The maximum absolute atomic E-state index is 12.2. The van der Waals surface area contributed by atoms with Crippen LogP contribution in [0.3, 0.4) is 0 Å². The molecule has 1 unspecified atom stereocenters. The van der Waals surface area contributed by atoms with Crippen LogP contribution < -0.4 is 10.6 Å². The second kappa shape index (κ2) is 5.64. The Balaban J connectivity index is 1.82. The molecule has 3 rings (SSSR count). The number of carbonyl (C=O) groups excluding carboxylic acids is 1. The Kier molecular flexibility index (Phi) is 3.87. The van der Waals surface area contributed by atoms with Crippen molar-refractivity contribution in [1.82, 2.24) is 15.6 Å². The van der Waals surface area contributed by atoms with Gasteiger partial charge in [0.25, 0.3) is 5.91 Å². The summed E-state index contributed by atoms with van der Waals surface area (Å²) in [7, 11) is 0. The lowest BCUT2D eigenvalue weighted by Crippen LogP contribution is -2.45. The molecular formula is C14H15Cl2N3O. The summed E-state index contributed by atoms with van der Waals surface area (Å²) in [6.45, 7) is 1.84. The molecule has 4 nitrogen and oxygen atoms in total. The van der Waals surface area contributed by atoms with Crippen molar-refractivity contribution in [3.05, 3.63) is 33.9 Å². The summed E-state index contributed by atoms with van der Waals surface area (Å²) in [6, 6.07) is 5.38. The van der Waals surface area contributed by atoms with Gasteiger partial charge in [-0.3, -0.25) is 4.79 Å². The molecule has 0 saturated carbocycles. The molecule has 1 aliphatic rings. The van der Waals surface area contributed by atoms with Crippen LogP contribution in [0.15, 0.2) is 18.2 Å². The predicted molar refractivity (Wildman–Crippen MR) is 81.7 cm³/mol. The van der Waals surface area contributed by atoms with Gasteiger partial charge in [-0.25, -0.2) is 0 Å². The van der Waals surface area contributed by atoms with Gasteiger partial charge in [0.15, 0.2) is 0 Å². The number of halogens is 2. The van der Waals surface area contributed by atoms with Gasteiger partial charge in [-0.2, -0.15) is 0 Å². The summed E-state index contributed by atoms with van der Waals surface area (Å²) in [5.41, 5.74) is 1.28. The molecule has 0 spiro atoms. The lowest BCUT2D eigenvalue weighted by Gasteiger charge is -2.23. The normalized spacial score (nSPS) is 19.2. The third-order valence-corrected chi connectivity index (χ3v) is 4.06. The molecule has 3 N–H and O–H groups in total. The van der Waals surface area contributed by atoms with Crippen LogP contribution in [0.2, 0.25) is 10.0 Å². The van der Waals surface area contributed by atoms with Gasteiger partial charge in [0.1, 0.15) is 5.69 Å². The van der Waals surface area contributed by atoms with Crippen molar-refractivity contribution in [2.75, 3.05) is 13.1 Å². The average Bonchev–Trinajstić information content (AvgIpc) is 2.84. The number of hydrogen-bond acceptors (Lipinski definition) is 2. The molecule has 6 heteroatoms. The Morgan fingerprint density at radius 1 is 1.30 bits per heavy atom. The van der Waals surface area contributed by atoms with Crippen LogP contribution in [0.5, 0.6) is 0 Å². The molecule has 0 radical (unpaired) electrons. The van der Waals surface area contributed by atoms with Crippen LogP contribution in [0, 0.1) is 0 Å². The first kappa shape index (κ1) is 13.7. The van der Waals surface area contributed by atoms with Crippen LogP contribution in [-0.2, 0) is 0 Å². The molecule has 0 aliphatic carbocycles. The standard InChI is InChI=1S/C14H15Cl2N3O/c15-8-4-11(16)10-6-13(19-12(10)5-8)14(20)18-9-2-1-3-17-7-9/h4-6,9,17,19H,1-3,7H2,(H,18,20). The van der Waals surface area contributed by atoms with Crippen molar-refractivity contribution in [3.63, 3.8) is 0 Å². The van der Waals surface area contributed by atoms with E-state index in [2.05, 4.69) is 15.6 Å². The van der Waals surface area contributed by atoms with E-state index in [0.29, 0.717) is 15.7 Å². The minimum Gasteiger partial charge on any atom is -0.350 e. The molecule has 20 heavy (non-hydrogen) atoms. The van der Waals surface area contributed by atoms with Gasteiger partial charge in [0.2, 0.25) is 0 Å². The SMILES string of the molecule is O=C(NC1CCCNC1)c1cc2c(Cl)cc(Cl)cc2[nH]1. The van der Waals surface area contributed by atoms with E-state index in [0.717, 1.165) is 36.8 Å². The van der Waals surface area contributed by atoms with Gasteiger partial charge in [-0.05, 0) is 37.6 Å². The molecule has 106 valence electrons. The van der Waals surface area contributed by atoms with Gasteiger partial charge in [0, 0.05) is 28.5 Å². The molecule has 1 saturated heterocycles. The fraction of sp³-hybridized carbons (Fsp3) is 0.357. The zero-order valence-electron chi connectivity index (χ0n) is 10.8. The molecule has 1 aromatic heterocycles. The quantitative estimate of drug-likeness (QED) is 0.798. The lowest BCUT2D eigenvalue weighted by atomic mass is 10.1. The summed E-state index contributed by atoms with van der Waals surface area (Å²) < 4.78 is 0. The molecule has 1 atom stereocenters. The summed E-state index contributed by atoms with van der Waals surface area (Å²) in [5, 5.41) is 8.19. The first-order valence-corrected chi connectivity index (χ1v) is 7.38. The van der Waals surface area contributed by atoms with Crippen molar-refractivity contribution in [3.8, 4) is 0 Å². The third-order valence-electron chi connectivity index (χ3n) is 3.53. The van der Waals surface area contributed by atoms with Gasteiger partial charge in [-0.1, -0.05) is 23.2 Å². The van der Waals surface area contributed by atoms with Gasteiger partial charge in [-0.15, -0.1) is 0 Å². The summed E-state index contributed by atoms with van der Waals surface area (Å²) >= 11 is 12.1. The van der Waals surface area contributed by atoms with E-state index < -0.39 is 0 Å². The molecule has 0 bridgehead atoms. The Hall–Kier alpha value is -1.23. The van der Waals surface area contributed by atoms with Crippen molar-refractivity contribution in [2.45, 2.75) is 18.9 Å². The number of rotatable bonds is 2. The first-order chi connectivity index (χ1) is 9.63. The zero-order chi connectivity index (χ0) is 14.1. The number of amides is 1. The summed E-state index contributed by atoms with van der Waals surface area (Å²) in [6.07, 6.45) is 2.09. The van der Waals surface area contributed by atoms with Crippen molar-refractivity contribution in [2.24, 2.45) is 0 Å². The highest BCUT2D eigenvalue weighted by molar-refractivity contribution is 6.38. The summed E-state index contributed by atoms with van der Waals surface area (Å²) in [4.78, 5) is 15.3. The number of nitrogens with one attached hydrogen (secondary N) is 3. The fourth-order valence-electron chi connectivity index (χ4n) is 2.52.